The molecule has 1 saturated heterocycles. The van der Waals surface area contributed by atoms with E-state index in [1.165, 1.54) is 11.0 Å². The van der Waals surface area contributed by atoms with Crippen LogP contribution in [0, 0.1) is 28.4 Å². The first-order valence-electron chi connectivity index (χ1n) is 13.5. The average molecular weight is 564 g/mol. The van der Waals surface area contributed by atoms with Gasteiger partial charge in [0.1, 0.15) is 23.7 Å². The number of carbonyl (C=O) groups is 4. The molecule has 9 nitrogen and oxygen atoms in total. The normalized spacial score (nSPS) is 22.9. The summed E-state index contributed by atoms with van der Waals surface area (Å²) in [6.45, 7) is 5.54. The number of halogens is 2. The van der Waals surface area contributed by atoms with Gasteiger partial charge in [-0.05, 0) is 42.4 Å². The van der Waals surface area contributed by atoms with Crippen LogP contribution in [-0.4, -0.2) is 47.2 Å². The van der Waals surface area contributed by atoms with E-state index in [1.807, 2.05) is 20.8 Å². The van der Waals surface area contributed by atoms with E-state index < -0.39 is 57.8 Å². The lowest BCUT2D eigenvalue weighted by Crippen LogP contribution is -2.55. The van der Waals surface area contributed by atoms with Crippen LogP contribution in [-0.2, 0) is 30.1 Å². The molecule has 2 aliphatic heterocycles. The molecular weight excluding hydrogens is 532 g/mol. The number of para-hydroxylation sites is 1. The van der Waals surface area contributed by atoms with E-state index in [2.05, 4.69) is 22.0 Å². The number of hydrogen-bond acceptors (Lipinski definition) is 5. The highest BCUT2D eigenvalue weighted by Crippen LogP contribution is 2.47. The Morgan fingerprint density at radius 1 is 1.12 bits per heavy atom. The van der Waals surface area contributed by atoms with E-state index in [-0.39, 0.29) is 30.9 Å². The first kappa shape index (κ1) is 28.2. The van der Waals surface area contributed by atoms with Crippen molar-refractivity contribution in [1.82, 2.24) is 15.5 Å². The molecule has 3 atom stereocenters. The molecule has 3 N–H and O–H groups in total. The van der Waals surface area contributed by atoms with Crippen LogP contribution in [0.5, 0.6) is 0 Å². The van der Waals surface area contributed by atoms with Crippen LogP contribution >= 0.6 is 0 Å². The van der Waals surface area contributed by atoms with E-state index in [0.29, 0.717) is 24.1 Å². The third-order valence-corrected chi connectivity index (χ3v) is 8.09. The fraction of sp³-hybridized carbons (Fsp3) is 0.433. The molecule has 5 rings (SSSR count). The molecule has 2 heterocycles. The Kier molecular flexibility index (Phi) is 6.84. The van der Waals surface area contributed by atoms with E-state index in [1.54, 1.807) is 24.3 Å². The van der Waals surface area contributed by atoms with Gasteiger partial charge in [0.2, 0.25) is 11.8 Å². The topological polar surface area (TPSA) is 131 Å². The van der Waals surface area contributed by atoms with Gasteiger partial charge in [0.25, 0.3) is 0 Å². The lowest BCUT2D eigenvalue weighted by Gasteiger charge is -2.31. The minimum atomic E-state index is -1.17. The maximum atomic E-state index is 14.4. The highest BCUT2D eigenvalue weighted by molar-refractivity contribution is 6.35. The van der Waals surface area contributed by atoms with Crippen molar-refractivity contribution in [1.29, 1.82) is 5.26 Å². The Morgan fingerprint density at radius 2 is 1.83 bits per heavy atom. The van der Waals surface area contributed by atoms with Crippen LogP contribution < -0.4 is 16.0 Å². The first-order chi connectivity index (χ1) is 19.3. The molecule has 1 unspecified atom stereocenters. The van der Waals surface area contributed by atoms with Crippen molar-refractivity contribution in [2.75, 3.05) is 11.9 Å². The fourth-order valence-electron chi connectivity index (χ4n) is 5.96. The summed E-state index contributed by atoms with van der Waals surface area (Å²) in [4.78, 5) is 54.4. The third-order valence-electron chi connectivity index (χ3n) is 8.09. The van der Waals surface area contributed by atoms with Crippen molar-refractivity contribution in [3.63, 3.8) is 0 Å². The number of amides is 4. The van der Waals surface area contributed by atoms with Gasteiger partial charge in [0.15, 0.2) is 0 Å². The summed E-state index contributed by atoms with van der Waals surface area (Å²) in [5.74, 6) is -4.61. The van der Waals surface area contributed by atoms with Crippen molar-refractivity contribution in [2.24, 2.45) is 5.41 Å². The smallest absolute Gasteiger partial charge is 0.310 e. The van der Waals surface area contributed by atoms with Gasteiger partial charge in [0.05, 0.1) is 17.0 Å². The molecule has 2 aromatic carbocycles. The number of carbonyl (C=O) groups excluding carboxylic acids is 4. The molecule has 2 fully saturated rings. The third kappa shape index (κ3) is 5.14. The molecular formula is C30H31F2N5O4. The Bertz CT molecular complexity index is 1490. The standard InChI is InChI=1S/C30H31F2N5O4/c1-28(2,3)14-23(34-24(38)25(39)36-30(10-11-30)19-9-8-17(31)12-21(19)32)26(40)37-16-29(13-18(37)15-33)20-6-4-5-7-22(20)35-27(29)41/h4-9,12,18,23H,10-11,13-14,16H2,1-3H3,(H,34,38)(H,35,41)(H,36,39)/t18?,23-,29-/m0/s1. The number of fused-ring (bicyclic) bond motifs is 2. The van der Waals surface area contributed by atoms with Gasteiger partial charge < -0.3 is 20.9 Å². The number of benzene rings is 2. The van der Waals surface area contributed by atoms with Crippen LogP contribution in [0.25, 0.3) is 0 Å². The SMILES string of the molecule is CC(C)(C)C[C@H](NC(=O)C(=O)NC1(c2ccc(F)cc2F)CC1)C(=O)N1C[C@]2(CC1C#N)C(=O)Nc1ccccc12. The Labute approximate surface area is 236 Å². The molecule has 3 aliphatic rings. The van der Waals surface area contributed by atoms with Crippen molar-refractivity contribution >= 4 is 29.3 Å². The molecule has 2 aromatic rings. The summed E-state index contributed by atoms with van der Waals surface area (Å²) >= 11 is 0. The summed E-state index contributed by atoms with van der Waals surface area (Å²) in [7, 11) is 0. The van der Waals surface area contributed by atoms with Crippen molar-refractivity contribution in [2.45, 2.75) is 69.5 Å². The quantitative estimate of drug-likeness (QED) is 0.482. The minimum Gasteiger partial charge on any atom is -0.338 e. The maximum absolute atomic E-state index is 14.4. The van der Waals surface area contributed by atoms with Gasteiger partial charge in [-0.1, -0.05) is 45.0 Å². The predicted octanol–water partition coefficient (Wildman–Crippen LogP) is 3.01. The molecule has 214 valence electrons. The molecule has 41 heavy (non-hydrogen) atoms. The van der Waals surface area contributed by atoms with E-state index >= 15 is 0 Å². The van der Waals surface area contributed by atoms with Gasteiger partial charge in [-0.3, -0.25) is 19.2 Å². The Balaban J connectivity index is 1.35. The molecule has 4 amide bonds. The predicted molar refractivity (Wildman–Crippen MR) is 144 cm³/mol. The monoisotopic (exact) mass is 563 g/mol. The summed E-state index contributed by atoms with van der Waals surface area (Å²) in [6, 6.07) is 10.2. The minimum absolute atomic E-state index is 0.0530. The number of nitrogens with zero attached hydrogens (tertiary/aromatic N) is 2. The zero-order valence-electron chi connectivity index (χ0n) is 23.0. The Hall–Kier alpha value is -4.33. The summed E-state index contributed by atoms with van der Waals surface area (Å²) < 4.78 is 27.8. The van der Waals surface area contributed by atoms with Gasteiger partial charge in [0, 0.05) is 30.3 Å². The Morgan fingerprint density at radius 3 is 2.46 bits per heavy atom. The second-order valence-corrected chi connectivity index (χ2v) is 12.3. The molecule has 0 aromatic heterocycles. The van der Waals surface area contributed by atoms with Gasteiger partial charge in [-0.25, -0.2) is 8.78 Å². The molecule has 11 heteroatoms. The fourth-order valence-corrected chi connectivity index (χ4v) is 5.96. The van der Waals surface area contributed by atoms with Gasteiger partial charge in [-0.15, -0.1) is 0 Å². The lowest BCUT2D eigenvalue weighted by molar-refractivity contribution is -0.143. The number of hydrogen-bond donors (Lipinski definition) is 3. The zero-order valence-corrected chi connectivity index (χ0v) is 23.0. The van der Waals surface area contributed by atoms with Crippen molar-refractivity contribution in [3.05, 3.63) is 65.2 Å². The molecule has 1 spiro atoms. The first-order valence-corrected chi connectivity index (χ1v) is 13.5. The molecule has 1 aliphatic carbocycles. The summed E-state index contributed by atoms with van der Waals surface area (Å²) in [5, 5.41) is 17.9. The summed E-state index contributed by atoms with van der Waals surface area (Å²) in [5.41, 5.74) is -1.28. The van der Waals surface area contributed by atoms with Gasteiger partial charge in [-0.2, -0.15) is 5.26 Å². The zero-order chi connectivity index (χ0) is 29.7. The van der Waals surface area contributed by atoms with Crippen LogP contribution in [0.1, 0.15) is 57.6 Å². The second kappa shape index (κ2) is 9.94. The highest BCUT2D eigenvalue weighted by Gasteiger charge is 2.56. The molecule has 0 bridgehead atoms. The van der Waals surface area contributed by atoms with Crippen LogP contribution in [0.3, 0.4) is 0 Å². The molecule has 0 radical (unpaired) electrons. The van der Waals surface area contributed by atoms with E-state index in [0.717, 1.165) is 12.1 Å². The highest BCUT2D eigenvalue weighted by atomic mass is 19.1. The maximum Gasteiger partial charge on any atom is 0.310 e. The van der Waals surface area contributed by atoms with Crippen LogP contribution in [0.2, 0.25) is 0 Å². The van der Waals surface area contributed by atoms with Crippen molar-refractivity contribution < 1.29 is 28.0 Å². The largest absolute Gasteiger partial charge is 0.338 e. The van der Waals surface area contributed by atoms with Crippen LogP contribution in [0.15, 0.2) is 42.5 Å². The number of anilines is 1. The van der Waals surface area contributed by atoms with Crippen molar-refractivity contribution in [3.8, 4) is 6.07 Å². The van der Waals surface area contributed by atoms with Gasteiger partial charge >= 0.3 is 11.8 Å². The molecule has 1 saturated carbocycles. The summed E-state index contributed by atoms with van der Waals surface area (Å²) in [6.07, 6.45) is 0.970. The second-order valence-electron chi connectivity index (χ2n) is 12.3. The van der Waals surface area contributed by atoms with E-state index in [9.17, 15) is 33.2 Å². The van der Waals surface area contributed by atoms with Crippen LogP contribution in [0.4, 0.5) is 14.5 Å². The number of rotatable bonds is 5. The number of nitrogens with one attached hydrogen (secondary N) is 3. The lowest BCUT2D eigenvalue weighted by atomic mass is 9.80. The number of nitriles is 1. The van der Waals surface area contributed by atoms with E-state index in [4.69, 9.17) is 0 Å². The number of likely N-dealkylation sites (tertiary alicyclic amines) is 1. The average Bonchev–Trinajstić information content (AvgIpc) is 3.47.